The predicted molar refractivity (Wildman–Crippen MR) is 86.0 cm³/mol. The van der Waals surface area contributed by atoms with E-state index in [0.717, 1.165) is 25.9 Å². The fourth-order valence-electron chi connectivity index (χ4n) is 2.62. The van der Waals surface area contributed by atoms with E-state index in [1.807, 2.05) is 4.90 Å². The number of hydrogen-bond acceptors (Lipinski definition) is 4. The highest BCUT2D eigenvalue weighted by atomic mass is 19.1. The highest BCUT2D eigenvalue weighted by molar-refractivity contribution is 5.93. The van der Waals surface area contributed by atoms with E-state index in [9.17, 15) is 9.18 Å². The van der Waals surface area contributed by atoms with E-state index >= 15 is 0 Å². The minimum absolute atomic E-state index is 0.101. The van der Waals surface area contributed by atoms with E-state index in [0.29, 0.717) is 23.1 Å². The van der Waals surface area contributed by atoms with Crippen LogP contribution in [0.15, 0.2) is 36.7 Å². The number of piperidine rings is 1. The van der Waals surface area contributed by atoms with Gasteiger partial charge in [-0.15, -0.1) is 0 Å². The van der Waals surface area contributed by atoms with E-state index in [1.54, 1.807) is 24.3 Å². The molecule has 5 nitrogen and oxygen atoms in total. The summed E-state index contributed by atoms with van der Waals surface area (Å²) in [7, 11) is 0. The van der Waals surface area contributed by atoms with Gasteiger partial charge in [-0.25, -0.2) is 14.4 Å². The Morgan fingerprint density at radius 1 is 1.26 bits per heavy atom. The Labute approximate surface area is 134 Å². The van der Waals surface area contributed by atoms with Gasteiger partial charge in [0.2, 0.25) is 0 Å². The number of aromatic nitrogens is 2. The molecule has 0 saturated carbocycles. The number of rotatable bonds is 3. The number of carbonyl (C=O) groups excluding carboxylic acids is 1. The van der Waals surface area contributed by atoms with Gasteiger partial charge in [0.05, 0.1) is 5.69 Å². The van der Waals surface area contributed by atoms with Gasteiger partial charge >= 0.3 is 0 Å². The van der Waals surface area contributed by atoms with E-state index in [-0.39, 0.29) is 11.7 Å². The van der Waals surface area contributed by atoms with Crippen LogP contribution in [0.25, 0.3) is 0 Å². The molecule has 1 aromatic heterocycles. The van der Waals surface area contributed by atoms with Gasteiger partial charge in [-0.3, -0.25) is 4.79 Å². The second kappa shape index (κ2) is 6.73. The number of amides is 1. The average molecular weight is 314 g/mol. The lowest BCUT2D eigenvalue weighted by atomic mass is 9.99. The largest absolute Gasteiger partial charge is 0.338 e. The molecule has 120 valence electrons. The number of nitrogens with one attached hydrogen (secondary N) is 1. The molecule has 3 rings (SSSR count). The van der Waals surface area contributed by atoms with Crippen molar-refractivity contribution < 1.29 is 9.18 Å². The maximum Gasteiger partial charge on any atom is 0.272 e. The Kier molecular flexibility index (Phi) is 4.50. The molecule has 1 saturated heterocycles. The van der Waals surface area contributed by atoms with Crippen molar-refractivity contribution >= 4 is 17.4 Å². The quantitative estimate of drug-likeness (QED) is 0.945. The SMILES string of the molecule is CC1CCN(C(=O)c2cc(Nc3ccccc3F)ncn2)CC1. The van der Waals surface area contributed by atoms with Gasteiger partial charge in [0.25, 0.3) is 5.91 Å². The molecule has 2 heterocycles. The number of likely N-dealkylation sites (tertiary alicyclic amines) is 1. The molecule has 0 aliphatic carbocycles. The Morgan fingerprint density at radius 3 is 2.74 bits per heavy atom. The van der Waals surface area contributed by atoms with Gasteiger partial charge in [0.1, 0.15) is 23.7 Å². The van der Waals surface area contributed by atoms with E-state index < -0.39 is 0 Å². The summed E-state index contributed by atoms with van der Waals surface area (Å²) in [6.07, 6.45) is 3.34. The lowest BCUT2D eigenvalue weighted by Gasteiger charge is -2.30. The molecule has 1 aliphatic heterocycles. The van der Waals surface area contributed by atoms with Crippen LogP contribution in [0, 0.1) is 11.7 Å². The fourth-order valence-corrected chi connectivity index (χ4v) is 2.62. The molecular weight excluding hydrogens is 295 g/mol. The van der Waals surface area contributed by atoms with E-state index in [1.165, 1.54) is 12.4 Å². The van der Waals surface area contributed by atoms with E-state index in [4.69, 9.17) is 0 Å². The third-order valence-electron chi connectivity index (χ3n) is 4.09. The summed E-state index contributed by atoms with van der Waals surface area (Å²) in [6.45, 7) is 3.70. The summed E-state index contributed by atoms with van der Waals surface area (Å²) in [6, 6.07) is 7.89. The minimum Gasteiger partial charge on any atom is -0.338 e. The van der Waals surface area contributed by atoms with Gasteiger partial charge in [0.15, 0.2) is 0 Å². The Hall–Kier alpha value is -2.50. The maximum absolute atomic E-state index is 13.7. The second-order valence-electron chi connectivity index (χ2n) is 5.87. The van der Waals surface area contributed by atoms with Crippen LogP contribution in [0.2, 0.25) is 0 Å². The van der Waals surface area contributed by atoms with Crippen molar-refractivity contribution in [1.29, 1.82) is 0 Å². The van der Waals surface area contributed by atoms with Gasteiger partial charge < -0.3 is 10.2 Å². The van der Waals surface area contributed by atoms with Gasteiger partial charge in [-0.2, -0.15) is 0 Å². The first-order chi connectivity index (χ1) is 11.1. The van der Waals surface area contributed by atoms with Crippen molar-refractivity contribution in [3.8, 4) is 0 Å². The molecule has 0 radical (unpaired) electrons. The van der Waals surface area contributed by atoms with Gasteiger partial charge in [-0.1, -0.05) is 19.1 Å². The topological polar surface area (TPSA) is 58.1 Å². The highest BCUT2D eigenvalue weighted by Crippen LogP contribution is 2.20. The Balaban J connectivity index is 1.75. The van der Waals surface area contributed by atoms with Crippen molar-refractivity contribution in [2.45, 2.75) is 19.8 Å². The predicted octanol–water partition coefficient (Wildman–Crippen LogP) is 3.23. The molecule has 0 bridgehead atoms. The van der Waals surface area contributed by atoms with Crippen LogP contribution in [-0.2, 0) is 0 Å². The molecule has 1 N–H and O–H groups in total. The normalized spacial score (nSPS) is 15.5. The van der Waals surface area contributed by atoms with Crippen LogP contribution in [0.5, 0.6) is 0 Å². The molecule has 23 heavy (non-hydrogen) atoms. The Morgan fingerprint density at radius 2 is 2.00 bits per heavy atom. The molecule has 0 spiro atoms. The zero-order chi connectivity index (χ0) is 16.2. The zero-order valence-electron chi connectivity index (χ0n) is 13.0. The summed E-state index contributed by atoms with van der Waals surface area (Å²) >= 11 is 0. The molecule has 2 aromatic rings. The van der Waals surface area contributed by atoms with Crippen LogP contribution in [-0.4, -0.2) is 33.9 Å². The van der Waals surface area contributed by atoms with Crippen LogP contribution < -0.4 is 5.32 Å². The summed E-state index contributed by atoms with van der Waals surface area (Å²) < 4.78 is 13.7. The lowest BCUT2D eigenvalue weighted by molar-refractivity contribution is 0.0691. The second-order valence-corrected chi connectivity index (χ2v) is 5.87. The summed E-state index contributed by atoms with van der Waals surface area (Å²) in [4.78, 5) is 22.4. The van der Waals surface area contributed by atoms with Gasteiger partial charge in [-0.05, 0) is 30.9 Å². The number of para-hydroxylation sites is 1. The van der Waals surface area contributed by atoms with Gasteiger partial charge in [0, 0.05) is 19.2 Å². The van der Waals surface area contributed by atoms with Crippen molar-refractivity contribution in [2.75, 3.05) is 18.4 Å². The van der Waals surface area contributed by atoms with E-state index in [2.05, 4.69) is 22.2 Å². The monoisotopic (exact) mass is 314 g/mol. The van der Waals surface area contributed by atoms with Crippen LogP contribution in [0.4, 0.5) is 15.9 Å². The maximum atomic E-state index is 13.7. The molecule has 1 fully saturated rings. The first-order valence-corrected chi connectivity index (χ1v) is 7.76. The third-order valence-corrected chi connectivity index (χ3v) is 4.09. The summed E-state index contributed by atoms with van der Waals surface area (Å²) in [5.74, 6) is 0.585. The van der Waals surface area contributed by atoms with Crippen molar-refractivity contribution in [2.24, 2.45) is 5.92 Å². The summed E-state index contributed by atoms with van der Waals surface area (Å²) in [5.41, 5.74) is 0.643. The molecular formula is C17H19FN4O. The number of hydrogen-bond donors (Lipinski definition) is 1. The van der Waals surface area contributed by atoms with Crippen molar-refractivity contribution in [3.63, 3.8) is 0 Å². The van der Waals surface area contributed by atoms with Crippen LogP contribution in [0.3, 0.4) is 0 Å². The van der Waals surface area contributed by atoms with Crippen LogP contribution >= 0.6 is 0 Å². The number of benzene rings is 1. The molecule has 1 amide bonds. The van der Waals surface area contributed by atoms with Crippen molar-refractivity contribution in [3.05, 3.63) is 48.2 Å². The first-order valence-electron chi connectivity index (χ1n) is 7.76. The van der Waals surface area contributed by atoms with Crippen LogP contribution in [0.1, 0.15) is 30.3 Å². The number of halogens is 1. The Bertz CT molecular complexity index is 698. The number of anilines is 2. The average Bonchev–Trinajstić information content (AvgIpc) is 2.57. The minimum atomic E-state index is -0.371. The molecule has 0 atom stereocenters. The number of carbonyl (C=O) groups is 1. The first kappa shape index (κ1) is 15.4. The third kappa shape index (κ3) is 3.64. The molecule has 0 unspecified atom stereocenters. The zero-order valence-corrected chi connectivity index (χ0v) is 13.0. The molecule has 1 aromatic carbocycles. The molecule has 1 aliphatic rings. The smallest absolute Gasteiger partial charge is 0.272 e. The fraction of sp³-hybridized carbons (Fsp3) is 0.353. The lowest BCUT2D eigenvalue weighted by Crippen LogP contribution is -2.38. The van der Waals surface area contributed by atoms with Crippen molar-refractivity contribution in [1.82, 2.24) is 14.9 Å². The highest BCUT2D eigenvalue weighted by Gasteiger charge is 2.22. The number of nitrogens with zero attached hydrogens (tertiary/aromatic N) is 3. The molecule has 6 heteroatoms. The standard InChI is InChI=1S/C17H19FN4O/c1-12-6-8-22(9-7-12)17(23)15-10-16(20-11-19-15)21-14-5-3-2-4-13(14)18/h2-5,10-12H,6-9H2,1H3,(H,19,20,21). The summed E-state index contributed by atoms with van der Waals surface area (Å²) in [5, 5.41) is 2.88.